The largest absolute Gasteiger partial charge is 0.743 e. The van der Waals surface area contributed by atoms with Crippen LogP contribution in [0.5, 0.6) is 0 Å². The summed E-state index contributed by atoms with van der Waals surface area (Å²) in [6.45, 7) is 0. The van der Waals surface area contributed by atoms with Crippen LogP contribution in [0.25, 0.3) is 0 Å². The minimum absolute atomic E-state index is 8.16. The summed E-state index contributed by atoms with van der Waals surface area (Å²) in [6, 6.07) is 0. The van der Waals surface area contributed by atoms with Crippen molar-refractivity contribution in [3.63, 3.8) is 0 Å². The highest BCUT2D eigenvalue weighted by Crippen LogP contribution is 2.67. The molecule has 0 saturated heterocycles. The zero-order chi connectivity index (χ0) is 32.0. The molecule has 0 saturated carbocycles. The Hall–Kier alpha value is -1.70. The first kappa shape index (κ1) is 36.3. The van der Waals surface area contributed by atoms with Gasteiger partial charge in [0.25, 0.3) is 0 Å². The molecule has 0 atom stereocenters. The first-order valence-corrected chi connectivity index (χ1v) is 8.96. The summed E-state index contributed by atoms with van der Waals surface area (Å²) in [6.07, 6.45) is -8.16. The molecule has 27 heteroatoms. The molecule has 0 bridgehead atoms. The third-order valence-corrected chi connectivity index (χ3v) is 5.07. The molecule has 0 heterocycles. The van der Waals surface area contributed by atoms with E-state index < -0.39 is 74.9 Å². The Morgan fingerprint density at radius 2 is 0.474 bits per heavy atom. The third-order valence-electron chi connectivity index (χ3n) is 4.19. The Kier molecular flexibility index (Phi) is 8.03. The van der Waals surface area contributed by atoms with Gasteiger partial charge < -0.3 is 4.55 Å². The molecular formula is C11F23O3S-. The average Bonchev–Trinajstić information content (AvgIpc) is 2.64. The fraction of sp³-hybridized carbons (Fsp3) is 1.00. The second-order valence-electron chi connectivity index (χ2n) is 6.64. The van der Waals surface area contributed by atoms with Gasteiger partial charge in [0.2, 0.25) is 0 Å². The minimum atomic E-state index is -9.59. The highest BCUT2D eigenvalue weighted by molar-refractivity contribution is 7.86. The molecule has 0 aliphatic carbocycles. The SMILES string of the molecule is O=S(=O)([O-])C(F)(F)C(F)(F)C(F)(F)C(F)(F)C(F)(F)C(F)(F)C(F)(F)C(F)(F)C(F)(F)C(F)(F)C(F)(F)F. The van der Waals surface area contributed by atoms with E-state index in [1.54, 1.807) is 0 Å². The lowest BCUT2D eigenvalue weighted by Crippen LogP contribution is -2.77. The fourth-order valence-electron chi connectivity index (χ4n) is 1.90. The van der Waals surface area contributed by atoms with Crippen molar-refractivity contribution in [1.82, 2.24) is 0 Å². The van der Waals surface area contributed by atoms with Crippen molar-refractivity contribution >= 4 is 10.1 Å². The lowest BCUT2D eigenvalue weighted by Gasteiger charge is -2.45. The van der Waals surface area contributed by atoms with Gasteiger partial charge in [-0.3, -0.25) is 0 Å². The smallest absolute Gasteiger partial charge is 0.460 e. The molecule has 0 unspecified atom stereocenters. The highest BCUT2D eigenvalue weighted by atomic mass is 32.2. The van der Waals surface area contributed by atoms with Crippen LogP contribution in [0.1, 0.15) is 0 Å². The average molecular weight is 649 g/mol. The van der Waals surface area contributed by atoms with Gasteiger partial charge >= 0.3 is 64.7 Å². The van der Waals surface area contributed by atoms with Crippen LogP contribution in [0.2, 0.25) is 0 Å². The third kappa shape index (κ3) is 4.02. The first-order chi connectivity index (χ1) is 15.8. The molecule has 3 nitrogen and oxygen atoms in total. The Morgan fingerprint density at radius 3 is 0.632 bits per heavy atom. The summed E-state index contributed by atoms with van der Waals surface area (Å²) in [7, 11) is -8.42. The van der Waals surface area contributed by atoms with Gasteiger partial charge in [0.15, 0.2) is 10.1 Å². The summed E-state index contributed by atoms with van der Waals surface area (Å²) >= 11 is 0. The number of halogens is 23. The molecule has 0 fully saturated rings. The topological polar surface area (TPSA) is 57.2 Å². The van der Waals surface area contributed by atoms with Crippen LogP contribution >= 0.6 is 0 Å². The van der Waals surface area contributed by atoms with Gasteiger partial charge in [0, 0.05) is 0 Å². The Morgan fingerprint density at radius 1 is 0.316 bits per heavy atom. The van der Waals surface area contributed by atoms with Gasteiger partial charge in [-0.05, 0) is 0 Å². The van der Waals surface area contributed by atoms with Crippen LogP contribution in [0.15, 0.2) is 0 Å². The number of alkyl halides is 23. The molecule has 0 rings (SSSR count). The molecule has 0 aromatic heterocycles. The molecule has 0 aliphatic heterocycles. The maximum atomic E-state index is 13.4. The molecule has 0 aromatic rings. The fourth-order valence-corrected chi connectivity index (χ4v) is 2.34. The summed E-state index contributed by atoms with van der Waals surface area (Å²) in [5.74, 6) is -83.4. The summed E-state index contributed by atoms with van der Waals surface area (Å²) in [5.41, 5.74) is 0. The van der Waals surface area contributed by atoms with Crippen molar-refractivity contribution in [3.8, 4) is 0 Å². The summed E-state index contributed by atoms with van der Waals surface area (Å²) < 4.78 is 328. The van der Waals surface area contributed by atoms with E-state index >= 15 is 0 Å². The molecule has 230 valence electrons. The first-order valence-electron chi connectivity index (χ1n) is 7.55. The van der Waals surface area contributed by atoms with Crippen molar-refractivity contribution in [2.75, 3.05) is 0 Å². The van der Waals surface area contributed by atoms with E-state index in [1.807, 2.05) is 0 Å². The molecule has 0 radical (unpaired) electrons. The molecule has 0 amide bonds. The quantitative estimate of drug-likeness (QED) is 0.203. The van der Waals surface area contributed by atoms with Gasteiger partial charge in [-0.25, -0.2) is 8.42 Å². The lowest BCUT2D eigenvalue weighted by molar-refractivity contribution is -0.476. The second kappa shape index (κ2) is 8.40. The van der Waals surface area contributed by atoms with Crippen molar-refractivity contribution < 1.29 is 114 Å². The van der Waals surface area contributed by atoms with Crippen LogP contribution in [0.4, 0.5) is 101 Å². The standard InChI is InChI=1S/C11HF23O3S/c12-1(13,2(14,15)4(18,19)6(22,23)8(26,27)10(30,31)32)3(16,17)5(20,21)7(24,25)9(28,29)11(33,34)38(35,36)37/h(H,35,36,37)/p-1. The van der Waals surface area contributed by atoms with E-state index in [4.69, 9.17) is 0 Å². The Balaban J connectivity index is 7.34. The van der Waals surface area contributed by atoms with Crippen LogP contribution in [-0.2, 0) is 10.1 Å². The second-order valence-corrected chi connectivity index (χ2v) is 8.06. The number of hydrogen-bond donors (Lipinski definition) is 0. The van der Waals surface area contributed by atoms with Gasteiger partial charge in [-0.15, -0.1) is 0 Å². The van der Waals surface area contributed by atoms with E-state index in [1.165, 1.54) is 0 Å². The van der Waals surface area contributed by atoms with Crippen molar-refractivity contribution in [2.45, 2.75) is 64.7 Å². The molecule has 0 N–H and O–H groups in total. The van der Waals surface area contributed by atoms with E-state index in [0.717, 1.165) is 0 Å². The molecule has 0 aliphatic rings. The van der Waals surface area contributed by atoms with Gasteiger partial charge in [0.05, 0.1) is 0 Å². The molecule has 0 spiro atoms. The van der Waals surface area contributed by atoms with Gasteiger partial charge in [0.1, 0.15) is 0 Å². The van der Waals surface area contributed by atoms with E-state index in [2.05, 4.69) is 0 Å². The highest BCUT2D eigenvalue weighted by Gasteiger charge is 2.99. The minimum Gasteiger partial charge on any atom is -0.743 e. The van der Waals surface area contributed by atoms with Gasteiger partial charge in [-0.1, -0.05) is 0 Å². The van der Waals surface area contributed by atoms with Gasteiger partial charge in [-0.2, -0.15) is 101 Å². The summed E-state index contributed by atoms with van der Waals surface area (Å²) in [4.78, 5) is 0. The zero-order valence-electron chi connectivity index (χ0n) is 15.8. The number of rotatable bonds is 10. The predicted octanol–water partition coefficient (Wildman–Crippen LogP) is 6.40. The molecule has 0 aromatic carbocycles. The van der Waals surface area contributed by atoms with E-state index in [-0.39, 0.29) is 0 Å². The predicted molar refractivity (Wildman–Crippen MR) is 65.2 cm³/mol. The van der Waals surface area contributed by atoms with Crippen molar-refractivity contribution in [3.05, 3.63) is 0 Å². The summed E-state index contributed by atoms with van der Waals surface area (Å²) in [5, 5.41) is -8.26. The monoisotopic (exact) mass is 649 g/mol. The zero-order valence-corrected chi connectivity index (χ0v) is 16.6. The van der Waals surface area contributed by atoms with Crippen LogP contribution in [0.3, 0.4) is 0 Å². The Bertz CT molecular complexity index is 1000. The number of hydrogen-bond acceptors (Lipinski definition) is 3. The van der Waals surface area contributed by atoms with E-state index in [0.29, 0.717) is 0 Å². The van der Waals surface area contributed by atoms with Crippen LogP contribution in [0, 0.1) is 0 Å². The maximum Gasteiger partial charge on any atom is 0.460 e. The maximum absolute atomic E-state index is 13.4. The van der Waals surface area contributed by atoms with Crippen molar-refractivity contribution in [1.29, 1.82) is 0 Å². The molecular weight excluding hydrogens is 649 g/mol. The Labute approximate surface area is 190 Å². The normalized spacial score (nSPS) is 17.2. The van der Waals surface area contributed by atoms with Crippen molar-refractivity contribution in [2.24, 2.45) is 0 Å². The van der Waals surface area contributed by atoms with E-state index in [9.17, 15) is 114 Å². The van der Waals surface area contributed by atoms with Crippen LogP contribution < -0.4 is 0 Å². The molecule has 38 heavy (non-hydrogen) atoms. The lowest BCUT2D eigenvalue weighted by atomic mass is 9.86. The van der Waals surface area contributed by atoms with Crippen LogP contribution in [-0.4, -0.2) is 77.7 Å².